The molecule has 0 fully saturated rings. The van der Waals surface area contributed by atoms with E-state index in [1.807, 2.05) is 91.0 Å². The predicted molar refractivity (Wildman–Crippen MR) is 96.4 cm³/mol. The quantitative estimate of drug-likeness (QED) is 0.727. The Kier molecular flexibility index (Phi) is 3.84. The average Bonchev–Trinajstić information content (AvgIpc) is 2.63. The second-order valence-corrected chi connectivity index (χ2v) is 9.86. The van der Waals surface area contributed by atoms with Gasteiger partial charge in [-0.1, -0.05) is 0 Å². The van der Waals surface area contributed by atoms with Crippen molar-refractivity contribution in [2.75, 3.05) is 6.29 Å². The maximum atomic E-state index is 12.2. The molecular weight excluding hydrogens is 289 g/mol. The van der Waals surface area contributed by atoms with Crippen LogP contribution in [0.1, 0.15) is 0 Å². The molecule has 0 aliphatic heterocycles. The van der Waals surface area contributed by atoms with Gasteiger partial charge in [0.2, 0.25) is 0 Å². The molecule has 0 aromatic heterocycles. The topological polar surface area (TPSA) is 46.2 Å². The van der Waals surface area contributed by atoms with Crippen molar-refractivity contribution in [2.45, 2.75) is 0 Å². The molecule has 3 aromatic carbocycles. The van der Waals surface area contributed by atoms with E-state index in [-0.39, 0.29) is 6.29 Å². The summed E-state index contributed by atoms with van der Waals surface area (Å²) in [5, 5.41) is 2.69. The van der Waals surface area contributed by atoms with Crippen molar-refractivity contribution in [3.63, 3.8) is 0 Å². The fraction of sp³-hybridized carbons (Fsp3) is 0.0526. The van der Waals surface area contributed by atoms with E-state index >= 15 is 0 Å². The Balaban J connectivity index is 2.41. The van der Waals surface area contributed by atoms with Crippen LogP contribution in [0.3, 0.4) is 0 Å². The Morgan fingerprint density at radius 3 is 1.09 bits per heavy atom. The molecule has 3 rings (SSSR count). The first kappa shape index (κ1) is 14.9. The zero-order valence-corrected chi connectivity index (χ0v) is 13.2. The summed E-state index contributed by atoms with van der Waals surface area (Å²) < 4.78 is 0. The molecule has 0 saturated carbocycles. The summed E-state index contributed by atoms with van der Waals surface area (Å²) in [6.07, 6.45) is 0.184. The summed E-state index contributed by atoms with van der Waals surface area (Å²) in [7, 11) is 0. The molecular formula is C19H20NOP. The SMILES string of the molecule is NCP(O)(c1ccccc1)(c1ccccc1)c1ccccc1. The maximum absolute atomic E-state index is 12.2. The van der Waals surface area contributed by atoms with Gasteiger partial charge in [0.05, 0.1) is 0 Å². The summed E-state index contributed by atoms with van der Waals surface area (Å²) in [4.78, 5) is 12.2. The first-order valence-electron chi connectivity index (χ1n) is 7.33. The molecule has 0 unspecified atom stereocenters. The molecule has 22 heavy (non-hydrogen) atoms. The van der Waals surface area contributed by atoms with Crippen LogP contribution in [0.2, 0.25) is 0 Å². The van der Waals surface area contributed by atoms with Gasteiger partial charge in [0.1, 0.15) is 0 Å². The van der Waals surface area contributed by atoms with Crippen LogP contribution in [0.25, 0.3) is 0 Å². The van der Waals surface area contributed by atoms with Crippen molar-refractivity contribution in [1.82, 2.24) is 0 Å². The van der Waals surface area contributed by atoms with Crippen LogP contribution in [-0.2, 0) is 0 Å². The van der Waals surface area contributed by atoms with E-state index in [1.165, 1.54) is 0 Å². The summed E-state index contributed by atoms with van der Waals surface area (Å²) >= 11 is 0. The van der Waals surface area contributed by atoms with Crippen LogP contribution in [0.4, 0.5) is 0 Å². The van der Waals surface area contributed by atoms with Crippen LogP contribution in [0.15, 0.2) is 91.0 Å². The zero-order valence-electron chi connectivity index (χ0n) is 12.3. The summed E-state index contributed by atoms with van der Waals surface area (Å²) in [5.74, 6) is 0. The fourth-order valence-corrected chi connectivity index (χ4v) is 6.98. The third-order valence-electron chi connectivity index (χ3n) is 4.29. The Bertz CT molecular complexity index is 645. The van der Waals surface area contributed by atoms with E-state index < -0.39 is 6.83 Å². The molecule has 3 heteroatoms. The van der Waals surface area contributed by atoms with E-state index in [0.29, 0.717) is 0 Å². The molecule has 0 atom stereocenters. The second kappa shape index (κ2) is 5.66. The van der Waals surface area contributed by atoms with Gasteiger partial charge >= 0.3 is 131 Å². The monoisotopic (exact) mass is 309 g/mol. The molecule has 3 aromatic rings. The average molecular weight is 309 g/mol. The minimum atomic E-state index is -3.62. The van der Waals surface area contributed by atoms with E-state index in [9.17, 15) is 4.89 Å². The van der Waals surface area contributed by atoms with Gasteiger partial charge in [-0.3, -0.25) is 0 Å². The van der Waals surface area contributed by atoms with E-state index in [2.05, 4.69) is 0 Å². The molecule has 0 aliphatic carbocycles. The van der Waals surface area contributed by atoms with Gasteiger partial charge in [0.15, 0.2) is 0 Å². The Morgan fingerprint density at radius 2 is 0.864 bits per heavy atom. The third kappa shape index (κ3) is 2.08. The van der Waals surface area contributed by atoms with Crippen LogP contribution in [0, 0.1) is 0 Å². The number of hydrogen-bond acceptors (Lipinski definition) is 2. The van der Waals surface area contributed by atoms with Crippen LogP contribution in [-0.4, -0.2) is 11.2 Å². The van der Waals surface area contributed by atoms with Gasteiger partial charge in [-0.15, -0.1) is 0 Å². The van der Waals surface area contributed by atoms with Crippen LogP contribution in [0.5, 0.6) is 0 Å². The molecule has 0 radical (unpaired) electrons. The standard InChI is InChI=1S/C19H20NOP/c20-16-22(21,17-10-4-1-5-11-17,18-12-6-2-7-13-18)19-14-8-3-9-15-19/h1-15,21H,16,20H2. The van der Waals surface area contributed by atoms with E-state index in [4.69, 9.17) is 5.73 Å². The number of nitrogens with two attached hydrogens (primary N) is 1. The number of benzene rings is 3. The predicted octanol–water partition coefficient (Wildman–Crippen LogP) is 2.34. The molecule has 0 saturated heterocycles. The first-order chi connectivity index (χ1) is 10.7. The summed E-state index contributed by atoms with van der Waals surface area (Å²) in [6, 6.07) is 29.4. The van der Waals surface area contributed by atoms with Crippen LogP contribution >= 0.6 is 6.83 Å². The van der Waals surface area contributed by atoms with Crippen LogP contribution < -0.4 is 21.6 Å². The van der Waals surface area contributed by atoms with Gasteiger partial charge < -0.3 is 0 Å². The van der Waals surface area contributed by atoms with E-state index in [1.54, 1.807) is 0 Å². The van der Waals surface area contributed by atoms with Crippen molar-refractivity contribution in [2.24, 2.45) is 5.73 Å². The van der Waals surface area contributed by atoms with E-state index in [0.717, 1.165) is 15.9 Å². The molecule has 0 bridgehead atoms. The Labute approximate surface area is 131 Å². The first-order valence-corrected chi connectivity index (χ1v) is 9.70. The molecule has 3 N–H and O–H groups in total. The fourth-order valence-electron chi connectivity index (χ4n) is 3.01. The van der Waals surface area contributed by atoms with Gasteiger partial charge in [-0.05, 0) is 0 Å². The Morgan fingerprint density at radius 1 is 0.591 bits per heavy atom. The molecule has 112 valence electrons. The minimum absolute atomic E-state index is 0.184. The van der Waals surface area contributed by atoms with Gasteiger partial charge in [-0.25, -0.2) is 0 Å². The molecule has 0 aliphatic rings. The normalized spacial score (nSPS) is 13.3. The molecule has 0 heterocycles. The molecule has 2 nitrogen and oxygen atoms in total. The molecule has 0 spiro atoms. The van der Waals surface area contributed by atoms with Crippen molar-refractivity contribution in [3.05, 3.63) is 91.0 Å². The zero-order chi connectivity index (χ0) is 15.5. The Hall–Kier alpha value is -1.99. The summed E-state index contributed by atoms with van der Waals surface area (Å²) in [6.45, 7) is -3.62. The van der Waals surface area contributed by atoms with Gasteiger partial charge in [0.25, 0.3) is 0 Å². The number of rotatable bonds is 4. The van der Waals surface area contributed by atoms with Gasteiger partial charge in [-0.2, -0.15) is 0 Å². The van der Waals surface area contributed by atoms with Gasteiger partial charge in [0, 0.05) is 0 Å². The second-order valence-electron chi connectivity index (χ2n) is 5.44. The third-order valence-corrected chi connectivity index (χ3v) is 9.24. The number of hydrogen-bond donors (Lipinski definition) is 2. The van der Waals surface area contributed by atoms with Crippen molar-refractivity contribution < 1.29 is 4.89 Å². The van der Waals surface area contributed by atoms with Crippen molar-refractivity contribution >= 4 is 22.7 Å². The van der Waals surface area contributed by atoms with Crippen molar-refractivity contribution in [3.8, 4) is 0 Å². The summed E-state index contributed by atoms with van der Waals surface area (Å²) in [5.41, 5.74) is 6.25. The van der Waals surface area contributed by atoms with Crippen molar-refractivity contribution in [1.29, 1.82) is 0 Å². The molecule has 0 amide bonds.